The molecule has 1 heterocycles. The second kappa shape index (κ2) is 4.73. The summed E-state index contributed by atoms with van der Waals surface area (Å²) < 4.78 is 0. The Morgan fingerprint density at radius 3 is 2.70 bits per heavy atom. The molecule has 0 radical (unpaired) electrons. The number of nitriles is 1. The van der Waals surface area contributed by atoms with Gasteiger partial charge in [-0.2, -0.15) is 5.26 Å². The summed E-state index contributed by atoms with van der Waals surface area (Å²) in [6.45, 7) is 9.10. The van der Waals surface area contributed by atoms with Gasteiger partial charge in [0, 0.05) is 30.3 Å². The van der Waals surface area contributed by atoms with Crippen LogP contribution in [0.2, 0.25) is 0 Å². The van der Waals surface area contributed by atoms with Crippen molar-refractivity contribution in [2.24, 2.45) is 16.7 Å². The van der Waals surface area contributed by atoms with Crippen LogP contribution in [0.5, 0.6) is 0 Å². The monoisotopic (exact) mass is 274 g/mol. The first-order valence-electron chi connectivity index (χ1n) is 7.22. The molecule has 4 nitrogen and oxygen atoms in total. The van der Waals surface area contributed by atoms with E-state index >= 15 is 0 Å². The van der Waals surface area contributed by atoms with Crippen LogP contribution in [0.1, 0.15) is 40.5 Å². The molecule has 0 aromatic carbocycles. The molecule has 0 N–H and O–H groups in total. The van der Waals surface area contributed by atoms with E-state index < -0.39 is 5.41 Å². The number of fused-ring (bicyclic) bond motifs is 1. The van der Waals surface area contributed by atoms with Crippen LogP contribution in [0.4, 0.5) is 0 Å². The molecule has 1 aliphatic heterocycles. The lowest BCUT2D eigenvalue weighted by atomic mass is 9.55. The third kappa shape index (κ3) is 2.06. The van der Waals surface area contributed by atoms with Gasteiger partial charge in [-0.1, -0.05) is 33.8 Å². The molecule has 20 heavy (non-hydrogen) atoms. The van der Waals surface area contributed by atoms with E-state index in [9.17, 15) is 14.9 Å². The number of hydrogen-bond acceptors (Lipinski definition) is 3. The maximum Gasteiger partial charge on any atom is 0.222 e. The van der Waals surface area contributed by atoms with Gasteiger partial charge in [0.2, 0.25) is 5.91 Å². The van der Waals surface area contributed by atoms with Gasteiger partial charge in [-0.05, 0) is 12.3 Å². The molecule has 0 aromatic heterocycles. The number of ketones is 1. The van der Waals surface area contributed by atoms with Gasteiger partial charge in [-0.25, -0.2) is 0 Å². The van der Waals surface area contributed by atoms with E-state index in [0.717, 1.165) is 6.42 Å². The fourth-order valence-corrected chi connectivity index (χ4v) is 3.97. The van der Waals surface area contributed by atoms with E-state index in [-0.39, 0.29) is 28.6 Å². The zero-order valence-corrected chi connectivity index (χ0v) is 12.7. The van der Waals surface area contributed by atoms with Gasteiger partial charge in [0.25, 0.3) is 0 Å². The molecule has 2 atom stereocenters. The summed E-state index contributed by atoms with van der Waals surface area (Å²) in [5.41, 5.74) is -0.568. The van der Waals surface area contributed by atoms with Crippen molar-refractivity contribution in [3.63, 3.8) is 0 Å². The second-order valence-corrected chi connectivity index (χ2v) is 6.74. The van der Waals surface area contributed by atoms with Crippen LogP contribution in [-0.2, 0) is 9.59 Å². The molecule has 1 amide bonds. The normalized spacial score (nSPS) is 32.1. The van der Waals surface area contributed by atoms with Crippen molar-refractivity contribution in [3.8, 4) is 6.07 Å². The van der Waals surface area contributed by atoms with E-state index in [4.69, 9.17) is 0 Å². The van der Waals surface area contributed by atoms with E-state index in [1.165, 1.54) is 0 Å². The Labute approximate surface area is 120 Å². The van der Waals surface area contributed by atoms with Crippen molar-refractivity contribution in [1.29, 1.82) is 5.26 Å². The summed E-state index contributed by atoms with van der Waals surface area (Å²) in [6, 6.07) is 2.03. The molecule has 0 aromatic rings. The van der Waals surface area contributed by atoms with E-state index in [2.05, 4.69) is 6.92 Å². The highest BCUT2D eigenvalue weighted by Crippen LogP contribution is 2.51. The lowest BCUT2D eigenvalue weighted by Crippen LogP contribution is -2.56. The number of allylic oxidation sites excluding steroid dienone is 1. The molecule has 0 unspecified atom stereocenters. The largest absolute Gasteiger partial charge is 0.342 e. The maximum absolute atomic E-state index is 12.4. The Balaban J connectivity index is 2.42. The third-order valence-corrected chi connectivity index (χ3v) is 4.97. The first-order valence-corrected chi connectivity index (χ1v) is 7.22. The highest BCUT2D eigenvalue weighted by Gasteiger charge is 2.53. The predicted octanol–water partition coefficient (Wildman–Crippen LogP) is 2.31. The van der Waals surface area contributed by atoms with Crippen LogP contribution in [0.15, 0.2) is 11.6 Å². The standard InChI is InChI=1S/C16H22N2O2/c1-5-13(19)18-7-6-12-15(2,3)14(20)11(9-17)8-16(12,4)10-18/h8,12H,5-7,10H2,1-4H3/t12-,16+/m1/s1. The fourth-order valence-electron chi connectivity index (χ4n) is 3.97. The smallest absolute Gasteiger partial charge is 0.222 e. The number of carbonyl (C=O) groups is 2. The molecule has 1 fully saturated rings. The number of nitrogens with zero attached hydrogens (tertiary/aromatic N) is 2. The topological polar surface area (TPSA) is 61.2 Å². The lowest BCUT2D eigenvalue weighted by molar-refractivity contribution is -0.140. The Morgan fingerprint density at radius 2 is 2.15 bits per heavy atom. The highest BCUT2D eigenvalue weighted by atomic mass is 16.2. The number of piperidine rings is 1. The number of hydrogen-bond donors (Lipinski definition) is 0. The Bertz CT molecular complexity index is 527. The van der Waals surface area contributed by atoms with Gasteiger partial charge in [0.1, 0.15) is 6.07 Å². The molecule has 1 saturated heterocycles. The summed E-state index contributed by atoms with van der Waals surface area (Å²) in [5.74, 6) is 0.268. The number of carbonyl (C=O) groups excluding carboxylic acids is 2. The van der Waals surface area contributed by atoms with Crippen molar-refractivity contribution in [3.05, 3.63) is 11.6 Å². The second-order valence-electron chi connectivity index (χ2n) is 6.74. The minimum absolute atomic E-state index is 0.0576. The van der Waals surface area contributed by atoms with Crippen LogP contribution in [0, 0.1) is 28.1 Å². The van der Waals surface area contributed by atoms with Gasteiger partial charge in [-0.15, -0.1) is 0 Å². The summed E-state index contributed by atoms with van der Waals surface area (Å²) in [6.07, 6.45) is 3.12. The molecular weight excluding hydrogens is 252 g/mol. The Kier molecular flexibility index (Phi) is 3.49. The molecule has 2 aliphatic rings. The average Bonchev–Trinajstić information content (AvgIpc) is 2.41. The van der Waals surface area contributed by atoms with Gasteiger partial charge in [-0.3, -0.25) is 9.59 Å². The minimum Gasteiger partial charge on any atom is -0.342 e. The molecule has 108 valence electrons. The van der Waals surface area contributed by atoms with Crippen molar-refractivity contribution >= 4 is 11.7 Å². The molecule has 0 bridgehead atoms. The van der Waals surface area contributed by atoms with Gasteiger partial charge in [0.05, 0.1) is 5.57 Å². The number of rotatable bonds is 1. The highest BCUT2D eigenvalue weighted by molar-refractivity contribution is 6.04. The summed E-state index contributed by atoms with van der Waals surface area (Å²) in [7, 11) is 0. The van der Waals surface area contributed by atoms with Gasteiger partial charge >= 0.3 is 0 Å². The van der Waals surface area contributed by atoms with Gasteiger partial charge < -0.3 is 4.90 Å². The summed E-state index contributed by atoms with van der Waals surface area (Å²) in [4.78, 5) is 26.2. The van der Waals surface area contributed by atoms with Crippen molar-refractivity contribution in [1.82, 2.24) is 4.90 Å². The zero-order chi connectivity index (χ0) is 15.1. The van der Waals surface area contributed by atoms with Crippen LogP contribution in [0.25, 0.3) is 0 Å². The van der Waals surface area contributed by atoms with E-state index in [1.807, 2.05) is 31.7 Å². The van der Waals surface area contributed by atoms with Gasteiger partial charge in [0.15, 0.2) is 5.78 Å². The molecule has 4 heteroatoms. The fraction of sp³-hybridized carbons (Fsp3) is 0.688. The van der Waals surface area contributed by atoms with Crippen LogP contribution >= 0.6 is 0 Å². The van der Waals surface area contributed by atoms with Crippen LogP contribution < -0.4 is 0 Å². The first kappa shape index (κ1) is 14.8. The maximum atomic E-state index is 12.4. The molecule has 0 spiro atoms. The van der Waals surface area contributed by atoms with Crippen molar-refractivity contribution in [2.45, 2.75) is 40.5 Å². The molecule has 2 rings (SSSR count). The SMILES string of the molecule is CCC(=O)N1CC[C@@H]2C(C)(C)C(=O)C(C#N)=C[C@@]2(C)C1. The zero-order valence-electron chi connectivity index (χ0n) is 12.7. The Hall–Kier alpha value is -1.63. The molecule has 0 saturated carbocycles. The van der Waals surface area contributed by atoms with Crippen molar-refractivity contribution in [2.75, 3.05) is 13.1 Å². The molecule has 1 aliphatic carbocycles. The van der Waals surface area contributed by atoms with E-state index in [0.29, 0.717) is 19.5 Å². The van der Waals surface area contributed by atoms with E-state index in [1.54, 1.807) is 6.08 Å². The Morgan fingerprint density at radius 1 is 1.50 bits per heavy atom. The average molecular weight is 274 g/mol. The number of likely N-dealkylation sites (tertiary alicyclic amines) is 1. The van der Waals surface area contributed by atoms with Crippen LogP contribution in [-0.4, -0.2) is 29.7 Å². The molecular formula is C16H22N2O2. The third-order valence-electron chi connectivity index (χ3n) is 4.97. The summed E-state index contributed by atoms with van der Waals surface area (Å²) >= 11 is 0. The first-order chi connectivity index (χ1) is 9.26. The number of amides is 1. The lowest BCUT2D eigenvalue weighted by Gasteiger charge is -2.53. The number of Topliss-reactive ketones (excluding diaryl/α,β-unsaturated/α-hetero) is 1. The quantitative estimate of drug-likeness (QED) is 0.737. The summed E-state index contributed by atoms with van der Waals surface area (Å²) in [5, 5.41) is 9.20. The minimum atomic E-state index is -0.532. The van der Waals surface area contributed by atoms with Crippen molar-refractivity contribution < 1.29 is 9.59 Å². The predicted molar refractivity (Wildman–Crippen MR) is 75.6 cm³/mol. The van der Waals surface area contributed by atoms with Crippen LogP contribution in [0.3, 0.4) is 0 Å².